The Bertz CT molecular complexity index is 540. The van der Waals surface area contributed by atoms with Crippen LogP contribution in [-0.4, -0.2) is 35.6 Å². The number of para-hydroxylation sites is 2. The number of nitrogens with zero attached hydrogens (tertiary/aromatic N) is 2. The van der Waals surface area contributed by atoms with Crippen LogP contribution in [0.4, 0.5) is 0 Å². The summed E-state index contributed by atoms with van der Waals surface area (Å²) >= 11 is 0. The van der Waals surface area contributed by atoms with E-state index in [2.05, 4.69) is 45.5 Å². The summed E-state index contributed by atoms with van der Waals surface area (Å²) in [6.07, 6.45) is 3.15. The molecule has 0 aliphatic carbocycles. The smallest absolute Gasteiger partial charge is 0.191 e. The molecule has 0 saturated carbocycles. The first-order chi connectivity index (χ1) is 10.3. The van der Waals surface area contributed by atoms with Gasteiger partial charge in [-0.05, 0) is 25.5 Å². The molecule has 5 nitrogen and oxygen atoms in total. The molecule has 0 aliphatic rings. The zero-order chi connectivity index (χ0) is 14.9. The molecule has 0 fully saturated rings. The molecule has 0 atom stereocenters. The lowest BCUT2D eigenvalue weighted by atomic mass is 10.3. The lowest BCUT2D eigenvalue weighted by Crippen LogP contribution is -2.38. The topological polar surface area (TPSA) is 65.1 Å². The van der Waals surface area contributed by atoms with Gasteiger partial charge in [0.1, 0.15) is 5.82 Å². The number of rotatable bonds is 7. The molecule has 114 valence electrons. The summed E-state index contributed by atoms with van der Waals surface area (Å²) in [5, 5.41) is 6.61. The van der Waals surface area contributed by atoms with Crippen molar-refractivity contribution in [1.29, 1.82) is 0 Å². The number of benzene rings is 1. The maximum atomic E-state index is 4.58. The third kappa shape index (κ3) is 4.77. The van der Waals surface area contributed by atoms with E-state index >= 15 is 0 Å². The van der Waals surface area contributed by atoms with Gasteiger partial charge in [0.2, 0.25) is 0 Å². The van der Waals surface area contributed by atoms with Gasteiger partial charge in [-0.3, -0.25) is 4.99 Å². The first kappa shape index (κ1) is 15.4. The van der Waals surface area contributed by atoms with Gasteiger partial charge in [0.25, 0.3) is 0 Å². The second-order valence-corrected chi connectivity index (χ2v) is 4.99. The number of hydrogen-bond donors (Lipinski definition) is 3. The molecule has 1 aromatic carbocycles. The number of unbranched alkanes of at least 4 members (excludes halogenated alkanes) is 1. The van der Waals surface area contributed by atoms with Gasteiger partial charge in [0, 0.05) is 26.1 Å². The summed E-state index contributed by atoms with van der Waals surface area (Å²) in [4.78, 5) is 12.5. The molecule has 2 aromatic rings. The molecule has 2 rings (SSSR count). The van der Waals surface area contributed by atoms with Crippen LogP contribution in [-0.2, 0) is 6.42 Å². The zero-order valence-electron chi connectivity index (χ0n) is 12.9. The Morgan fingerprint density at radius 1 is 1.24 bits per heavy atom. The van der Waals surface area contributed by atoms with Gasteiger partial charge in [-0.2, -0.15) is 0 Å². The number of guanidine groups is 1. The van der Waals surface area contributed by atoms with Crippen LogP contribution in [0.2, 0.25) is 0 Å². The highest BCUT2D eigenvalue weighted by molar-refractivity contribution is 5.79. The molecule has 0 amide bonds. The van der Waals surface area contributed by atoms with Crippen LogP contribution >= 0.6 is 0 Å². The predicted octanol–water partition coefficient (Wildman–Crippen LogP) is 2.46. The first-order valence-electron chi connectivity index (χ1n) is 7.79. The third-order valence-electron chi connectivity index (χ3n) is 3.22. The summed E-state index contributed by atoms with van der Waals surface area (Å²) in [7, 11) is 0. The van der Waals surface area contributed by atoms with Crippen LogP contribution in [0.15, 0.2) is 29.3 Å². The van der Waals surface area contributed by atoms with E-state index in [0.29, 0.717) is 0 Å². The average Bonchev–Trinajstić information content (AvgIpc) is 2.90. The van der Waals surface area contributed by atoms with E-state index in [9.17, 15) is 0 Å². The Kier molecular flexibility index (Phi) is 6.06. The lowest BCUT2D eigenvalue weighted by molar-refractivity contribution is 0.758. The van der Waals surface area contributed by atoms with E-state index in [1.54, 1.807) is 0 Å². The highest BCUT2D eigenvalue weighted by atomic mass is 15.2. The number of nitrogens with one attached hydrogen (secondary N) is 3. The minimum absolute atomic E-state index is 0.817. The molecule has 0 radical (unpaired) electrons. The Labute approximate surface area is 126 Å². The number of hydrogen-bond acceptors (Lipinski definition) is 2. The molecule has 0 bridgehead atoms. The van der Waals surface area contributed by atoms with Crippen molar-refractivity contribution in [2.75, 3.05) is 19.6 Å². The molecule has 5 heteroatoms. The molecule has 0 aliphatic heterocycles. The highest BCUT2D eigenvalue weighted by Gasteiger charge is 2.02. The maximum Gasteiger partial charge on any atom is 0.191 e. The van der Waals surface area contributed by atoms with E-state index < -0.39 is 0 Å². The fourth-order valence-electron chi connectivity index (χ4n) is 2.11. The highest BCUT2D eigenvalue weighted by Crippen LogP contribution is 2.10. The summed E-state index contributed by atoms with van der Waals surface area (Å²) < 4.78 is 0. The Morgan fingerprint density at radius 2 is 2.10 bits per heavy atom. The number of imidazole rings is 1. The molecule has 1 aromatic heterocycles. The van der Waals surface area contributed by atoms with E-state index in [0.717, 1.165) is 55.3 Å². The Morgan fingerprint density at radius 3 is 2.86 bits per heavy atom. The van der Waals surface area contributed by atoms with Crippen LogP contribution in [0.1, 0.15) is 32.5 Å². The summed E-state index contributed by atoms with van der Waals surface area (Å²) in [5.41, 5.74) is 2.12. The fourth-order valence-corrected chi connectivity index (χ4v) is 2.11. The number of fused-ring (bicyclic) bond motifs is 1. The fraction of sp³-hybridized carbons (Fsp3) is 0.500. The van der Waals surface area contributed by atoms with Gasteiger partial charge in [-0.25, -0.2) is 4.98 Å². The first-order valence-corrected chi connectivity index (χ1v) is 7.79. The van der Waals surface area contributed by atoms with Crippen LogP contribution in [0, 0.1) is 0 Å². The van der Waals surface area contributed by atoms with Crippen molar-refractivity contribution in [3.05, 3.63) is 30.1 Å². The van der Waals surface area contributed by atoms with Gasteiger partial charge in [0.05, 0.1) is 11.0 Å². The molecule has 21 heavy (non-hydrogen) atoms. The van der Waals surface area contributed by atoms with Crippen molar-refractivity contribution in [2.45, 2.75) is 33.1 Å². The molecule has 3 N–H and O–H groups in total. The minimum Gasteiger partial charge on any atom is -0.357 e. The van der Waals surface area contributed by atoms with Gasteiger partial charge in [-0.1, -0.05) is 25.5 Å². The number of aromatic nitrogens is 2. The number of H-pyrrole nitrogens is 1. The van der Waals surface area contributed by atoms with Gasteiger partial charge < -0.3 is 15.6 Å². The third-order valence-corrected chi connectivity index (χ3v) is 3.22. The van der Waals surface area contributed by atoms with Crippen LogP contribution in [0.3, 0.4) is 0 Å². The van der Waals surface area contributed by atoms with Crippen molar-refractivity contribution < 1.29 is 0 Å². The molecular weight excluding hydrogens is 262 g/mol. The second-order valence-electron chi connectivity index (χ2n) is 4.99. The van der Waals surface area contributed by atoms with Gasteiger partial charge in [-0.15, -0.1) is 0 Å². The van der Waals surface area contributed by atoms with Crippen molar-refractivity contribution >= 4 is 17.0 Å². The number of aliphatic imine (C=N–C) groups is 1. The van der Waals surface area contributed by atoms with Crippen molar-refractivity contribution in [2.24, 2.45) is 4.99 Å². The summed E-state index contributed by atoms with van der Waals surface area (Å²) in [6.45, 7) is 6.82. The maximum absolute atomic E-state index is 4.58. The van der Waals surface area contributed by atoms with Crippen LogP contribution in [0.25, 0.3) is 11.0 Å². The standard InChI is InChI=1S/C16H25N5/c1-3-5-11-18-16(17-4-2)19-12-10-15-20-13-8-6-7-9-14(13)21-15/h6-9H,3-5,10-12H2,1-2H3,(H,20,21)(H2,17,18,19). The van der Waals surface area contributed by atoms with E-state index in [1.165, 1.54) is 6.42 Å². The normalized spacial score (nSPS) is 11.8. The van der Waals surface area contributed by atoms with Gasteiger partial charge in [0.15, 0.2) is 5.96 Å². The monoisotopic (exact) mass is 287 g/mol. The van der Waals surface area contributed by atoms with Crippen LogP contribution in [0.5, 0.6) is 0 Å². The van der Waals surface area contributed by atoms with E-state index in [4.69, 9.17) is 0 Å². The molecule has 0 unspecified atom stereocenters. The predicted molar refractivity (Wildman–Crippen MR) is 88.7 cm³/mol. The summed E-state index contributed by atoms with van der Waals surface area (Å²) in [5.74, 6) is 1.90. The molecule has 1 heterocycles. The Hall–Kier alpha value is -2.04. The van der Waals surface area contributed by atoms with Crippen molar-refractivity contribution in [3.8, 4) is 0 Å². The molecular formula is C16H25N5. The molecule has 0 spiro atoms. The average molecular weight is 287 g/mol. The number of aromatic amines is 1. The largest absolute Gasteiger partial charge is 0.357 e. The van der Waals surface area contributed by atoms with Gasteiger partial charge >= 0.3 is 0 Å². The molecule has 0 saturated heterocycles. The summed E-state index contributed by atoms with van der Waals surface area (Å²) in [6, 6.07) is 8.11. The van der Waals surface area contributed by atoms with Crippen molar-refractivity contribution in [1.82, 2.24) is 20.6 Å². The SMILES string of the molecule is CCCCN=C(NCC)NCCc1nc2ccccc2[nH]1. The lowest BCUT2D eigenvalue weighted by Gasteiger charge is -2.10. The van der Waals surface area contributed by atoms with E-state index in [-0.39, 0.29) is 0 Å². The zero-order valence-corrected chi connectivity index (χ0v) is 12.9. The minimum atomic E-state index is 0.817. The second kappa shape index (κ2) is 8.29. The Balaban J connectivity index is 1.84. The quantitative estimate of drug-likeness (QED) is 0.416. The van der Waals surface area contributed by atoms with Crippen molar-refractivity contribution in [3.63, 3.8) is 0 Å². The van der Waals surface area contributed by atoms with E-state index in [1.807, 2.05) is 18.2 Å². The van der Waals surface area contributed by atoms with Crippen LogP contribution < -0.4 is 10.6 Å².